The maximum Gasteiger partial charge on any atom is 0.339 e. The molecule has 6 heteroatoms. The molecule has 0 fully saturated rings. The van der Waals surface area contributed by atoms with E-state index in [1.807, 2.05) is 29.1 Å². The average molecular weight is 336 g/mol. The standard InChI is InChI=1S/C19H20N4O2/c1-3-25-19(24)16-7-10-18(20-13-16)22-14(2)15-5-8-17(9-6-15)23-12-4-11-21-23/h4-14H,3H2,1-2H3,(H,20,22). The molecule has 0 amide bonds. The molecule has 0 radical (unpaired) electrons. The molecule has 0 bridgehead atoms. The van der Waals surface area contributed by atoms with Crippen LogP contribution in [-0.2, 0) is 4.74 Å². The van der Waals surface area contributed by atoms with Crippen LogP contribution < -0.4 is 5.32 Å². The number of benzene rings is 1. The van der Waals surface area contributed by atoms with Crippen LogP contribution in [0.4, 0.5) is 5.82 Å². The number of carbonyl (C=O) groups is 1. The zero-order chi connectivity index (χ0) is 17.6. The Morgan fingerprint density at radius 3 is 2.64 bits per heavy atom. The second kappa shape index (κ2) is 7.61. The number of pyridine rings is 1. The maximum atomic E-state index is 11.6. The third-order valence-electron chi connectivity index (χ3n) is 3.80. The van der Waals surface area contributed by atoms with Gasteiger partial charge in [-0.3, -0.25) is 0 Å². The SMILES string of the molecule is CCOC(=O)c1ccc(NC(C)c2ccc(-n3cccn3)cc2)nc1. The molecule has 1 N–H and O–H groups in total. The summed E-state index contributed by atoms with van der Waals surface area (Å²) in [6.07, 6.45) is 5.18. The van der Waals surface area contributed by atoms with Gasteiger partial charge < -0.3 is 10.1 Å². The van der Waals surface area contributed by atoms with Gasteiger partial charge in [-0.2, -0.15) is 5.10 Å². The van der Waals surface area contributed by atoms with E-state index >= 15 is 0 Å². The normalized spacial score (nSPS) is 11.8. The highest BCUT2D eigenvalue weighted by Crippen LogP contribution is 2.19. The van der Waals surface area contributed by atoms with Crippen LogP contribution in [-0.4, -0.2) is 27.3 Å². The summed E-state index contributed by atoms with van der Waals surface area (Å²) in [5.74, 6) is 0.348. The largest absolute Gasteiger partial charge is 0.462 e. The van der Waals surface area contributed by atoms with Crippen molar-refractivity contribution >= 4 is 11.8 Å². The zero-order valence-electron chi connectivity index (χ0n) is 14.2. The summed E-state index contributed by atoms with van der Waals surface area (Å²) in [4.78, 5) is 15.9. The lowest BCUT2D eigenvalue weighted by Gasteiger charge is -2.15. The topological polar surface area (TPSA) is 69.0 Å². The molecule has 1 aromatic carbocycles. The number of hydrogen-bond donors (Lipinski definition) is 1. The van der Waals surface area contributed by atoms with E-state index in [4.69, 9.17) is 4.74 Å². The van der Waals surface area contributed by atoms with Crippen molar-refractivity contribution in [3.8, 4) is 5.69 Å². The first-order valence-corrected chi connectivity index (χ1v) is 8.17. The van der Waals surface area contributed by atoms with E-state index in [0.29, 0.717) is 18.0 Å². The van der Waals surface area contributed by atoms with Gasteiger partial charge >= 0.3 is 5.97 Å². The summed E-state index contributed by atoms with van der Waals surface area (Å²) in [7, 11) is 0. The molecule has 128 valence electrons. The molecule has 3 rings (SSSR count). The van der Waals surface area contributed by atoms with Crippen LogP contribution in [0.1, 0.15) is 35.8 Å². The van der Waals surface area contributed by atoms with Crippen LogP contribution in [0.15, 0.2) is 61.1 Å². The molecule has 1 unspecified atom stereocenters. The van der Waals surface area contributed by atoms with Crippen LogP contribution in [0.3, 0.4) is 0 Å². The van der Waals surface area contributed by atoms with Gasteiger partial charge in [-0.1, -0.05) is 12.1 Å². The number of nitrogens with one attached hydrogen (secondary N) is 1. The highest BCUT2D eigenvalue weighted by molar-refractivity contribution is 5.89. The minimum atomic E-state index is -0.358. The fourth-order valence-corrected chi connectivity index (χ4v) is 2.46. The van der Waals surface area contributed by atoms with Gasteiger partial charge in [-0.05, 0) is 49.7 Å². The van der Waals surface area contributed by atoms with E-state index in [1.54, 1.807) is 25.3 Å². The van der Waals surface area contributed by atoms with Gasteiger partial charge in [0.1, 0.15) is 5.82 Å². The molecule has 1 atom stereocenters. The Balaban J connectivity index is 1.65. The summed E-state index contributed by atoms with van der Waals surface area (Å²) in [6, 6.07) is 13.6. The number of esters is 1. The molecule has 0 aliphatic carbocycles. The van der Waals surface area contributed by atoms with Crippen molar-refractivity contribution in [3.05, 3.63) is 72.2 Å². The zero-order valence-corrected chi connectivity index (χ0v) is 14.2. The van der Waals surface area contributed by atoms with Crippen molar-refractivity contribution in [2.75, 3.05) is 11.9 Å². The van der Waals surface area contributed by atoms with Crippen LogP contribution in [0.5, 0.6) is 0 Å². The van der Waals surface area contributed by atoms with Gasteiger partial charge in [0, 0.05) is 24.6 Å². The molecule has 25 heavy (non-hydrogen) atoms. The van der Waals surface area contributed by atoms with Crippen molar-refractivity contribution < 1.29 is 9.53 Å². The Labute approximate surface area is 146 Å². The van der Waals surface area contributed by atoms with E-state index in [9.17, 15) is 4.79 Å². The molecule has 0 saturated heterocycles. The second-order valence-electron chi connectivity index (χ2n) is 5.56. The Hall–Kier alpha value is -3.15. The molecular weight excluding hydrogens is 316 g/mol. The molecule has 0 spiro atoms. The molecule has 3 aromatic rings. The minimum Gasteiger partial charge on any atom is -0.462 e. The van der Waals surface area contributed by atoms with Crippen LogP contribution in [0.2, 0.25) is 0 Å². The number of aromatic nitrogens is 3. The lowest BCUT2D eigenvalue weighted by Crippen LogP contribution is -2.09. The maximum absolute atomic E-state index is 11.6. The van der Waals surface area contributed by atoms with Gasteiger partial charge in [0.05, 0.1) is 17.9 Å². The molecular formula is C19H20N4O2. The molecule has 2 aromatic heterocycles. The lowest BCUT2D eigenvalue weighted by atomic mass is 10.1. The summed E-state index contributed by atoms with van der Waals surface area (Å²) in [5.41, 5.74) is 2.59. The highest BCUT2D eigenvalue weighted by atomic mass is 16.5. The first-order chi connectivity index (χ1) is 12.2. The molecule has 0 aliphatic heterocycles. The number of anilines is 1. The lowest BCUT2D eigenvalue weighted by molar-refractivity contribution is 0.0526. The van der Waals surface area contributed by atoms with Gasteiger partial charge in [0.25, 0.3) is 0 Å². The summed E-state index contributed by atoms with van der Waals surface area (Å²) in [6.45, 7) is 4.19. The fraction of sp³-hybridized carbons (Fsp3) is 0.211. The van der Waals surface area contributed by atoms with Crippen molar-refractivity contribution in [2.45, 2.75) is 19.9 Å². The third kappa shape index (κ3) is 4.03. The van der Waals surface area contributed by atoms with Crippen LogP contribution in [0.25, 0.3) is 5.69 Å². The van der Waals surface area contributed by atoms with E-state index in [-0.39, 0.29) is 12.0 Å². The van der Waals surface area contributed by atoms with E-state index in [0.717, 1.165) is 11.3 Å². The minimum absolute atomic E-state index is 0.0765. The Bertz CT molecular complexity index is 812. The van der Waals surface area contributed by atoms with Crippen molar-refractivity contribution in [3.63, 3.8) is 0 Å². The summed E-state index contributed by atoms with van der Waals surface area (Å²) >= 11 is 0. The second-order valence-corrected chi connectivity index (χ2v) is 5.56. The van der Waals surface area contributed by atoms with E-state index in [1.165, 1.54) is 6.20 Å². The number of hydrogen-bond acceptors (Lipinski definition) is 5. The molecule has 0 saturated carbocycles. The smallest absolute Gasteiger partial charge is 0.339 e. The number of ether oxygens (including phenoxy) is 1. The third-order valence-corrected chi connectivity index (χ3v) is 3.80. The summed E-state index contributed by atoms with van der Waals surface area (Å²) in [5, 5.41) is 7.54. The van der Waals surface area contributed by atoms with Crippen molar-refractivity contribution in [1.82, 2.24) is 14.8 Å². The monoisotopic (exact) mass is 336 g/mol. The van der Waals surface area contributed by atoms with Gasteiger partial charge in [0.15, 0.2) is 0 Å². The molecule has 0 aliphatic rings. The molecule has 2 heterocycles. The molecule has 6 nitrogen and oxygen atoms in total. The number of rotatable bonds is 6. The van der Waals surface area contributed by atoms with E-state index in [2.05, 4.69) is 34.5 Å². The Kier molecular flexibility index (Phi) is 5.09. The van der Waals surface area contributed by atoms with Crippen LogP contribution >= 0.6 is 0 Å². The Morgan fingerprint density at radius 2 is 2.04 bits per heavy atom. The van der Waals surface area contributed by atoms with Gasteiger partial charge in [-0.25, -0.2) is 14.5 Å². The first-order valence-electron chi connectivity index (χ1n) is 8.17. The van der Waals surface area contributed by atoms with Crippen molar-refractivity contribution in [1.29, 1.82) is 0 Å². The fourth-order valence-electron chi connectivity index (χ4n) is 2.46. The first kappa shape index (κ1) is 16.7. The van der Waals surface area contributed by atoms with Gasteiger partial charge in [-0.15, -0.1) is 0 Å². The van der Waals surface area contributed by atoms with Crippen LogP contribution in [0, 0.1) is 0 Å². The quantitative estimate of drug-likeness (QED) is 0.696. The predicted octanol–water partition coefficient (Wildman–Crippen LogP) is 3.62. The average Bonchev–Trinajstić information content (AvgIpc) is 3.17. The predicted molar refractivity (Wildman–Crippen MR) is 95.8 cm³/mol. The Morgan fingerprint density at radius 1 is 1.24 bits per heavy atom. The number of carbonyl (C=O) groups excluding carboxylic acids is 1. The van der Waals surface area contributed by atoms with E-state index < -0.39 is 0 Å². The van der Waals surface area contributed by atoms with Crippen molar-refractivity contribution in [2.24, 2.45) is 0 Å². The number of nitrogens with zero attached hydrogens (tertiary/aromatic N) is 3. The van der Waals surface area contributed by atoms with Gasteiger partial charge in [0.2, 0.25) is 0 Å². The summed E-state index contributed by atoms with van der Waals surface area (Å²) < 4.78 is 6.77. The highest BCUT2D eigenvalue weighted by Gasteiger charge is 2.09.